The maximum absolute atomic E-state index is 9.97. The normalized spacial score (nSPS) is 18.7. The van der Waals surface area contributed by atoms with Gasteiger partial charge in [-0.3, -0.25) is 0 Å². The van der Waals surface area contributed by atoms with Crippen LogP contribution in [0, 0.1) is 0 Å². The molecule has 1 unspecified atom stereocenters. The van der Waals surface area contributed by atoms with Gasteiger partial charge < -0.3 is 9.67 Å². The topological polar surface area (TPSA) is 38.0 Å². The molecule has 18 heavy (non-hydrogen) atoms. The molecule has 0 aliphatic carbocycles. The summed E-state index contributed by atoms with van der Waals surface area (Å²) in [6, 6.07) is 7.38. The number of aromatic nitrogens is 2. The molecule has 2 aromatic rings. The van der Waals surface area contributed by atoms with Crippen LogP contribution in [0.4, 0.5) is 0 Å². The Morgan fingerprint density at radius 3 is 2.94 bits per heavy atom. The average molecular weight is 307 g/mol. The van der Waals surface area contributed by atoms with Crippen LogP contribution in [0.2, 0.25) is 0 Å². The number of aromatic hydroxyl groups is 1. The van der Waals surface area contributed by atoms with Crippen LogP contribution in [0.15, 0.2) is 28.9 Å². The van der Waals surface area contributed by atoms with E-state index in [0.29, 0.717) is 5.92 Å². The van der Waals surface area contributed by atoms with E-state index in [1.165, 1.54) is 12.1 Å². The van der Waals surface area contributed by atoms with Gasteiger partial charge in [-0.2, -0.15) is 0 Å². The number of phenols is 1. The summed E-state index contributed by atoms with van der Waals surface area (Å²) in [5.74, 6) is 1.66. The van der Waals surface area contributed by atoms with Gasteiger partial charge in [0, 0.05) is 6.54 Å². The highest BCUT2D eigenvalue weighted by Gasteiger charge is 2.25. The van der Waals surface area contributed by atoms with Crippen molar-refractivity contribution in [2.24, 2.45) is 0 Å². The fourth-order valence-corrected chi connectivity index (χ4v) is 3.47. The first-order chi connectivity index (χ1) is 8.68. The van der Waals surface area contributed by atoms with Gasteiger partial charge in [-0.25, -0.2) is 4.98 Å². The van der Waals surface area contributed by atoms with Crippen LogP contribution in [0.5, 0.6) is 5.75 Å². The molecular weight excluding hydrogens is 292 g/mol. The Bertz CT molecular complexity index is 591. The number of imidazole rings is 1. The Morgan fingerprint density at radius 1 is 1.39 bits per heavy atom. The van der Waals surface area contributed by atoms with Crippen LogP contribution in [0.1, 0.15) is 31.4 Å². The summed E-state index contributed by atoms with van der Waals surface area (Å²) in [7, 11) is 0. The number of para-hydroxylation sites is 1. The van der Waals surface area contributed by atoms with E-state index in [2.05, 4.69) is 32.4 Å². The van der Waals surface area contributed by atoms with Crippen LogP contribution >= 0.6 is 15.9 Å². The standard InChI is InChI=1S/C14H15BrN2O/c1-9-5-4-8-17-12(9)13(15)16-14(17)10-6-2-3-7-11(10)18/h2-3,6-7,9,18H,4-5,8H2,1H3. The molecule has 0 saturated carbocycles. The molecule has 1 N–H and O–H groups in total. The van der Waals surface area contributed by atoms with E-state index in [0.717, 1.165) is 29.0 Å². The number of halogens is 1. The predicted molar refractivity (Wildman–Crippen MR) is 74.7 cm³/mol. The number of phenolic OH excluding ortho intramolecular Hbond substituents is 1. The summed E-state index contributed by atoms with van der Waals surface area (Å²) < 4.78 is 3.14. The lowest BCUT2D eigenvalue weighted by atomic mass is 9.98. The highest BCUT2D eigenvalue weighted by molar-refractivity contribution is 9.10. The maximum atomic E-state index is 9.97. The summed E-state index contributed by atoms with van der Waals surface area (Å²) >= 11 is 3.55. The molecule has 0 spiro atoms. The number of hydrogen-bond donors (Lipinski definition) is 1. The third-order valence-corrected chi connectivity index (χ3v) is 4.18. The van der Waals surface area contributed by atoms with Crippen LogP contribution in [0.25, 0.3) is 11.4 Å². The summed E-state index contributed by atoms with van der Waals surface area (Å²) in [6.45, 7) is 3.20. The smallest absolute Gasteiger partial charge is 0.145 e. The number of hydrogen-bond acceptors (Lipinski definition) is 2. The van der Waals surface area contributed by atoms with E-state index in [1.54, 1.807) is 6.07 Å². The van der Waals surface area contributed by atoms with Crippen molar-refractivity contribution >= 4 is 15.9 Å². The molecule has 94 valence electrons. The lowest BCUT2D eigenvalue weighted by Crippen LogP contribution is -2.14. The molecule has 0 radical (unpaired) electrons. The first-order valence-corrected chi connectivity index (χ1v) is 7.02. The predicted octanol–water partition coefficient (Wildman–Crippen LogP) is 3.92. The van der Waals surface area contributed by atoms with E-state index >= 15 is 0 Å². The second-order valence-electron chi connectivity index (χ2n) is 4.82. The third-order valence-electron chi connectivity index (χ3n) is 3.59. The Kier molecular flexibility index (Phi) is 2.90. The number of fused-ring (bicyclic) bond motifs is 1. The van der Waals surface area contributed by atoms with Crippen molar-refractivity contribution < 1.29 is 5.11 Å². The van der Waals surface area contributed by atoms with Crippen LogP contribution < -0.4 is 0 Å². The Hall–Kier alpha value is -1.29. The van der Waals surface area contributed by atoms with Crippen molar-refractivity contribution in [2.75, 3.05) is 0 Å². The quantitative estimate of drug-likeness (QED) is 0.867. The number of benzene rings is 1. The first-order valence-electron chi connectivity index (χ1n) is 6.22. The molecule has 3 rings (SSSR count). The molecule has 4 heteroatoms. The van der Waals surface area contributed by atoms with Crippen LogP contribution in [0.3, 0.4) is 0 Å². The molecule has 1 aliphatic heterocycles. The molecule has 1 aromatic carbocycles. The van der Waals surface area contributed by atoms with Gasteiger partial charge in [0.25, 0.3) is 0 Å². The lowest BCUT2D eigenvalue weighted by Gasteiger charge is -2.22. The average Bonchev–Trinajstić information content (AvgIpc) is 2.69. The summed E-state index contributed by atoms with van der Waals surface area (Å²) in [5, 5.41) is 9.97. The summed E-state index contributed by atoms with van der Waals surface area (Å²) in [5.41, 5.74) is 2.05. The molecule has 1 atom stereocenters. The van der Waals surface area contributed by atoms with Gasteiger partial charge in [0.1, 0.15) is 16.2 Å². The summed E-state index contributed by atoms with van der Waals surface area (Å²) in [6.07, 6.45) is 2.36. The second-order valence-corrected chi connectivity index (χ2v) is 5.57. The summed E-state index contributed by atoms with van der Waals surface area (Å²) in [4.78, 5) is 4.59. The van der Waals surface area contributed by atoms with Crippen molar-refractivity contribution in [2.45, 2.75) is 32.2 Å². The van der Waals surface area contributed by atoms with E-state index in [9.17, 15) is 5.11 Å². The minimum atomic E-state index is 0.288. The van der Waals surface area contributed by atoms with Crippen molar-refractivity contribution in [1.82, 2.24) is 9.55 Å². The SMILES string of the molecule is CC1CCCn2c(-c3ccccc3O)nc(Br)c21. The Balaban J connectivity index is 2.20. The zero-order valence-electron chi connectivity index (χ0n) is 10.2. The van der Waals surface area contributed by atoms with E-state index in [4.69, 9.17) is 0 Å². The van der Waals surface area contributed by atoms with Gasteiger partial charge in [-0.1, -0.05) is 19.1 Å². The third kappa shape index (κ3) is 1.75. The molecule has 1 aliphatic rings. The molecule has 1 aromatic heterocycles. The van der Waals surface area contributed by atoms with E-state index in [1.807, 2.05) is 18.2 Å². The fourth-order valence-electron chi connectivity index (χ4n) is 2.69. The largest absolute Gasteiger partial charge is 0.507 e. The van der Waals surface area contributed by atoms with Gasteiger partial charge in [0.05, 0.1) is 11.3 Å². The van der Waals surface area contributed by atoms with E-state index in [-0.39, 0.29) is 5.75 Å². The van der Waals surface area contributed by atoms with E-state index < -0.39 is 0 Å². The first kappa shape index (κ1) is 11.8. The van der Waals surface area contributed by atoms with Crippen molar-refractivity contribution in [3.63, 3.8) is 0 Å². The van der Waals surface area contributed by atoms with Gasteiger partial charge in [-0.05, 0) is 46.8 Å². The zero-order valence-corrected chi connectivity index (χ0v) is 11.8. The van der Waals surface area contributed by atoms with Crippen molar-refractivity contribution in [3.8, 4) is 17.1 Å². The second kappa shape index (κ2) is 4.43. The zero-order chi connectivity index (χ0) is 12.7. The minimum Gasteiger partial charge on any atom is -0.507 e. The van der Waals surface area contributed by atoms with Crippen molar-refractivity contribution in [1.29, 1.82) is 0 Å². The molecule has 2 heterocycles. The Labute approximate surface area is 115 Å². The molecular formula is C14H15BrN2O. The minimum absolute atomic E-state index is 0.288. The highest BCUT2D eigenvalue weighted by atomic mass is 79.9. The molecule has 0 saturated heterocycles. The van der Waals surface area contributed by atoms with Gasteiger partial charge in [0.2, 0.25) is 0 Å². The highest BCUT2D eigenvalue weighted by Crippen LogP contribution is 2.38. The lowest BCUT2D eigenvalue weighted by molar-refractivity contribution is 0.467. The van der Waals surface area contributed by atoms with Gasteiger partial charge >= 0.3 is 0 Å². The maximum Gasteiger partial charge on any atom is 0.145 e. The monoisotopic (exact) mass is 306 g/mol. The van der Waals surface area contributed by atoms with Crippen LogP contribution in [-0.4, -0.2) is 14.7 Å². The van der Waals surface area contributed by atoms with Crippen molar-refractivity contribution in [3.05, 3.63) is 34.6 Å². The van der Waals surface area contributed by atoms with Crippen LogP contribution in [-0.2, 0) is 6.54 Å². The molecule has 3 nitrogen and oxygen atoms in total. The molecule has 0 bridgehead atoms. The van der Waals surface area contributed by atoms with Gasteiger partial charge in [-0.15, -0.1) is 0 Å². The fraction of sp³-hybridized carbons (Fsp3) is 0.357. The Morgan fingerprint density at radius 2 is 2.17 bits per heavy atom. The number of rotatable bonds is 1. The molecule has 0 fully saturated rings. The molecule has 0 amide bonds. The number of nitrogens with zero attached hydrogens (tertiary/aromatic N) is 2. The van der Waals surface area contributed by atoms with Gasteiger partial charge in [0.15, 0.2) is 0 Å².